The van der Waals surface area contributed by atoms with E-state index in [1.165, 1.54) is 0 Å². The van der Waals surface area contributed by atoms with Crippen LogP contribution in [0.4, 0.5) is 14.6 Å². The lowest BCUT2D eigenvalue weighted by Crippen LogP contribution is -2.25. The lowest BCUT2D eigenvalue weighted by atomic mass is 10.2. The van der Waals surface area contributed by atoms with Crippen LogP contribution in [0.5, 0.6) is 0 Å². The van der Waals surface area contributed by atoms with Crippen molar-refractivity contribution in [2.24, 2.45) is 0 Å². The minimum atomic E-state index is -2.71. The summed E-state index contributed by atoms with van der Waals surface area (Å²) in [6, 6.07) is 9.10. The van der Waals surface area contributed by atoms with E-state index in [-0.39, 0.29) is 0 Å². The van der Waals surface area contributed by atoms with Crippen molar-refractivity contribution in [3.05, 3.63) is 30.1 Å². The number of nitriles is 1. The van der Waals surface area contributed by atoms with Crippen LogP contribution >= 0.6 is 0 Å². The summed E-state index contributed by atoms with van der Waals surface area (Å²) in [4.78, 5) is 9.68. The molecule has 1 aromatic heterocycles. The van der Waals surface area contributed by atoms with Gasteiger partial charge in [0.1, 0.15) is 5.82 Å². The second-order valence-corrected chi connectivity index (χ2v) is 4.21. The van der Waals surface area contributed by atoms with Crippen molar-refractivity contribution in [1.29, 1.82) is 5.26 Å². The second kappa shape index (κ2) is 6.24. The Balaban J connectivity index is 2.56. The van der Waals surface area contributed by atoms with Gasteiger partial charge in [-0.25, -0.2) is 18.7 Å². The first-order valence-corrected chi connectivity index (χ1v) is 6.34. The monoisotopic (exact) mass is 276 g/mol. The van der Waals surface area contributed by atoms with Crippen molar-refractivity contribution in [3.8, 4) is 6.07 Å². The molecule has 0 unspecified atom stereocenters. The average Bonchev–Trinajstić information content (AvgIpc) is 2.47. The zero-order chi connectivity index (χ0) is 14.5. The highest BCUT2D eigenvalue weighted by atomic mass is 19.3. The molecule has 0 atom stereocenters. The highest BCUT2D eigenvalue weighted by molar-refractivity contribution is 5.89. The molecular weight excluding hydrogens is 262 g/mol. The maximum atomic E-state index is 12.9. The molecule has 0 spiro atoms. The zero-order valence-electron chi connectivity index (χ0n) is 11.1. The van der Waals surface area contributed by atoms with E-state index >= 15 is 0 Å². The molecule has 0 aliphatic heterocycles. The summed E-state index contributed by atoms with van der Waals surface area (Å²) in [6.07, 6.45) is -2.40. The molecule has 0 aliphatic rings. The molecule has 6 heteroatoms. The summed E-state index contributed by atoms with van der Waals surface area (Å²) in [7, 11) is 0. The molecule has 0 N–H and O–H groups in total. The number of hydrogen-bond donors (Lipinski definition) is 0. The van der Waals surface area contributed by atoms with Crippen LogP contribution in [0, 0.1) is 11.3 Å². The van der Waals surface area contributed by atoms with Crippen LogP contribution in [-0.2, 0) is 0 Å². The molecule has 2 aromatic rings. The van der Waals surface area contributed by atoms with Crippen LogP contribution in [0.15, 0.2) is 24.3 Å². The SMILES string of the molecule is CCN(CCC#N)c1nc(C(F)F)nc2ccccc12. The van der Waals surface area contributed by atoms with Gasteiger partial charge in [-0.1, -0.05) is 12.1 Å². The first-order valence-electron chi connectivity index (χ1n) is 6.34. The number of anilines is 1. The third kappa shape index (κ3) is 2.82. The molecule has 2 rings (SSSR count). The number of nitrogens with zero attached hydrogens (tertiary/aromatic N) is 4. The first-order chi connectivity index (χ1) is 9.67. The van der Waals surface area contributed by atoms with E-state index in [4.69, 9.17) is 5.26 Å². The van der Waals surface area contributed by atoms with E-state index in [9.17, 15) is 8.78 Å². The van der Waals surface area contributed by atoms with Gasteiger partial charge in [-0.3, -0.25) is 0 Å². The fourth-order valence-electron chi connectivity index (χ4n) is 2.01. The molecule has 20 heavy (non-hydrogen) atoms. The lowest BCUT2D eigenvalue weighted by Gasteiger charge is -2.22. The molecule has 0 fully saturated rings. The standard InChI is InChI=1S/C14H14F2N4/c1-2-20(9-5-8-17)14-10-6-3-4-7-11(10)18-13(19-14)12(15)16/h3-4,6-7,12H,2,5,9H2,1H3. The molecule has 1 aromatic carbocycles. The Kier molecular flexibility index (Phi) is 4.41. The number of aromatic nitrogens is 2. The number of para-hydroxylation sites is 1. The summed E-state index contributed by atoms with van der Waals surface area (Å²) in [5, 5.41) is 9.40. The van der Waals surface area contributed by atoms with Gasteiger partial charge in [-0.2, -0.15) is 5.26 Å². The van der Waals surface area contributed by atoms with Crippen molar-refractivity contribution < 1.29 is 8.78 Å². The number of hydrogen-bond acceptors (Lipinski definition) is 4. The maximum Gasteiger partial charge on any atom is 0.297 e. The van der Waals surface area contributed by atoms with Gasteiger partial charge in [0.15, 0.2) is 5.82 Å². The third-order valence-corrected chi connectivity index (χ3v) is 2.97. The van der Waals surface area contributed by atoms with Crippen molar-refractivity contribution >= 4 is 16.7 Å². The van der Waals surface area contributed by atoms with E-state index in [0.29, 0.717) is 30.8 Å². The van der Waals surface area contributed by atoms with Crippen LogP contribution in [-0.4, -0.2) is 23.1 Å². The van der Waals surface area contributed by atoms with Crippen LogP contribution in [0.1, 0.15) is 25.6 Å². The van der Waals surface area contributed by atoms with Gasteiger partial charge in [0.25, 0.3) is 6.43 Å². The fraction of sp³-hybridized carbons (Fsp3) is 0.357. The van der Waals surface area contributed by atoms with Gasteiger partial charge in [0.2, 0.25) is 0 Å². The Bertz CT molecular complexity index is 637. The Morgan fingerprint density at radius 3 is 2.70 bits per heavy atom. The van der Waals surface area contributed by atoms with Crippen molar-refractivity contribution in [1.82, 2.24) is 9.97 Å². The van der Waals surface area contributed by atoms with Gasteiger partial charge in [-0.05, 0) is 19.1 Å². The maximum absolute atomic E-state index is 12.9. The third-order valence-electron chi connectivity index (χ3n) is 2.97. The predicted octanol–water partition coefficient (Wildman–Crippen LogP) is 3.31. The smallest absolute Gasteiger partial charge is 0.297 e. The minimum Gasteiger partial charge on any atom is -0.355 e. The first kappa shape index (κ1) is 14.1. The lowest BCUT2D eigenvalue weighted by molar-refractivity contribution is 0.141. The Morgan fingerprint density at radius 1 is 1.30 bits per heavy atom. The molecule has 0 saturated heterocycles. The topological polar surface area (TPSA) is 52.8 Å². The molecule has 0 radical (unpaired) electrons. The van der Waals surface area contributed by atoms with Crippen molar-refractivity contribution in [2.75, 3.05) is 18.0 Å². The second-order valence-electron chi connectivity index (χ2n) is 4.21. The van der Waals surface area contributed by atoms with Gasteiger partial charge in [0.05, 0.1) is 18.0 Å². The molecule has 0 bridgehead atoms. The van der Waals surface area contributed by atoms with Gasteiger partial charge < -0.3 is 4.90 Å². The van der Waals surface area contributed by atoms with Gasteiger partial charge >= 0.3 is 0 Å². The summed E-state index contributed by atoms with van der Waals surface area (Å²) < 4.78 is 25.8. The molecule has 0 aliphatic carbocycles. The molecule has 0 saturated carbocycles. The van der Waals surface area contributed by atoms with E-state index in [1.807, 2.05) is 17.9 Å². The zero-order valence-corrected chi connectivity index (χ0v) is 11.1. The summed E-state index contributed by atoms with van der Waals surface area (Å²) >= 11 is 0. The van der Waals surface area contributed by atoms with Crippen LogP contribution in [0.2, 0.25) is 0 Å². The number of alkyl halides is 2. The quantitative estimate of drug-likeness (QED) is 0.840. The highest BCUT2D eigenvalue weighted by Gasteiger charge is 2.17. The van der Waals surface area contributed by atoms with Crippen LogP contribution < -0.4 is 4.90 Å². The number of benzene rings is 1. The molecule has 4 nitrogen and oxygen atoms in total. The van der Waals surface area contributed by atoms with Crippen LogP contribution in [0.3, 0.4) is 0 Å². The number of halogens is 2. The number of fused-ring (bicyclic) bond motifs is 1. The average molecular weight is 276 g/mol. The minimum absolute atomic E-state index is 0.316. The van der Waals surface area contributed by atoms with E-state index in [1.54, 1.807) is 18.2 Å². The van der Waals surface area contributed by atoms with E-state index in [0.717, 1.165) is 5.39 Å². The molecule has 0 amide bonds. The Labute approximate surface area is 115 Å². The summed E-state index contributed by atoms with van der Waals surface area (Å²) in [5.41, 5.74) is 0.489. The largest absolute Gasteiger partial charge is 0.355 e. The molecular formula is C14H14F2N4. The van der Waals surface area contributed by atoms with Crippen LogP contribution in [0.25, 0.3) is 10.9 Å². The van der Waals surface area contributed by atoms with Crippen molar-refractivity contribution in [2.45, 2.75) is 19.8 Å². The molecule has 104 valence electrons. The number of rotatable bonds is 5. The van der Waals surface area contributed by atoms with E-state index in [2.05, 4.69) is 16.0 Å². The Hall–Kier alpha value is -2.29. The predicted molar refractivity (Wildman–Crippen MR) is 72.6 cm³/mol. The highest BCUT2D eigenvalue weighted by Crippen LogP contribution is 2.27. The fourth-order valence-corrected chi connectivity index (χ4v) is 2.01. The van der Waals surface area contributed by atoms with Crippen molar-refractivity contribution in [3.63, 3.8) is 0 Å². The van der Waals surface area contributed by atoms with E-state index < -0.39 is 12.2 Å². The molecule has 1 heterocycles. The Morgan fingerprint density at radius 2 is 2.05 bits per heavy atom. The normalized spacial score (nSPS) is 10.8. The van der Waals surface area contributed by atoms with Gasteiger partial charge in [0, 0.05) is 18.5 Å². The van der Waals surface area contributed by atoms with Gasteiger partial charge in [-0.15, -0.1) is 0 Å². The summed E-state index contributed by atoms with van der Waals surface area (Å²) in [6.45, 7) is 2.94. The summed E-state index contributed by atoms with van der Waals surface area (Å²) in [5.74, 6) is -0.0160.